The van der Waals surface area contributed by atoms with Crippen molar-refractivity contribution in [3.63, 3.8) is 0 Å². The van der Waals surface area contributed by atoms with Crippen molar-refractivity contribution in [1.29, 1.82) is 0 Å². The Labute approximate surface area is 167 Å². The molecule has 0 saturated carbocycles. The highest BCUT2D eigenvalue weighted by Crippen LogP contribution is 2.21. The van der Waals surface area contributed by atoms with Gasteiger partial charge in [-0.3, -0.25) is 9.59 Å². The summed E-state index contributed by atoms with van der Waals surface area (Å²) in [6.45, 7) is 0.753. The first kappa shape index (κ1) is 21.4. The number of halogens is 2. The van der Waals surface area contributed by atoms with Crippen LogP contribution in [-0.4, -0.2) is 39.2 Å². The number of benzene rings is 2. The number of nitrogens with one attached hydrogen (secondary N) is 2. The van der Waals surface area contributed by atoms with Crippen molar-refractivity contribution in [2.24, 2.45) is 0 Å². The van der Waals surface area contributed by atoms with Gasteiger partial charge in [-0.05, 0) is 42.0 Å². The lowest BCUT2D eigenvalue weighted by molar-refractivity contribution is -0.111. The summed E-state index contributed by atoms with van der Waals surface area (Å²) < 4.78 is 23.4. The predicted octanol–water partition coefficient (Wildman–Crippen LogP) is 3.52. The van der Waals surface area contributed by atoms with Crippen LogP contribution in [0.15, 0.2) is 42.5 Å². The first-order chi connectivity index (χ1) is 13.4. The van der Waals surface area contributed by atoms with Crippen LogP contribution in [0.3, 0.4) is 0 Å². The zero-order valence-electron chi connectivity index (χ0n) is 15.4. The molecule has 28 heavy (non-hydrogen) atoms. The third-order valence-corrected chi connectivity index (χ3v) is 3.99. The molecular formula is C20H20ClFN2O4. The maximum absolute atomic E-state index is 13.7. The van der Waals surface area contributed by atoms with Crippen LogP contribution in [0.2, 0.25) is 5.02 Å². The fraction of sp³-hybridized carbons (Fsp3) is 0.200. The predicted molar refractivity (Wildman–Crippen MR) is 106 cm³/mol. The van der Waals surface area contributed by atoms with Crippen LogP contribution in [-0.2, 0) is 9.53 Å². The number of methoxy groups -OCH3 is 2. The average molecular weight is 407 g/mol. The van der Waals surface area contributed by atoms with Crippen LogP contribution < -0.4 is 15.4 Å². The molecule has 2 aromatic rings. The molecule has 0 fully saturated rings. The van der Waals surface area contributed by atoms with Gasteiger partial charge >= 0.3 is 0 Å². The van der Waals surface area contributed by atoms with E-state index in [2.05, 4.69) is 10.6 Å². The van der Waals surface area contributed by atoms with E-state index < -0.39 is 11.7 Å². The first-order valence-electron chi connectivity index (χ1n) is 8.34. The van der Waals surface area contributed by atoms with E-state index in [0.29, 0.717) is 30.0 Å². The van der Waals surface area contributed by atoms with Gasteiger partial charge in [0.15, 0.2) is 11.6 Å². The van der Waals surface area contributed by atoms with Gasteiger partial charge in [0.2, 0.25) is 5.91 Å². The van der Waals surface area contributed by atoms with Gasteiger partial charge in [-0.15, -0.1) is 0 Å². The maximum atomic E-state index is 13.7. The molecule has 0 saturated heterocycles. The average Bonchev–Trinajstić information content (AvgIpc) is 2.66. The molecule has 0 unspecified atom stereocenters. The van der Waals surface area contributed by atoms with E-state index in [0.717, 1.165) is 0 Å². The van der Waals surface area contributed by atoms with Crippen LogP contribution in [0.1, 0.15) is 15.9 Å². The minimum absolute atomic E-state index is 0.127. The number of ether oxygens (including phenoxy) is 2. The summed E-state index contributed by atoms with van der Waals surface area (Å²) >= 11 is 6.12. The summed E-state index contributed by atoms with van der Waals surface area (Å²) in [4.78, 5) is 24.1. The number of hydrogen-bond acceptors (Lipinski definition) is 4. The van der Waals surface area contributed by atoms with E-state index in [4.69, 9.17) is 21.1 Å². The number of anilines is 1. The second kappa shape index (κ2) is 10.4. The van der Waals surface area contributed by atoms with Gasteiger partial charge < -0.3 is 20.1 Å². The normalized spacial score (nSPS) is 10.7. The maximum Gasteiger partial charge on any atom is 0.252 e. The molecule has 0 aliphatic heterocycles. The van der Waals surface area contributed by atoms with E-state index in [1.54, 1.807) is 12.1 Å². The zero-order chi connectivity index (χ0) is 20.5. The smallest absolute Gasteiger partial charge is 0.252 e. The summed E-state index contributed by atoms with van der Waals surface area (Å²) in [5.41, 5.74) is 1.23. The molecule has 0 aliphatic rings. The van der Waals surface area contributed by atoms with Crippen molar-refractivity contribution in [3.05, 3.63) is 64.4 Å². The Balaban J connectivity index is 1.99. The molecule has 0 aromatic heterocycles. The van der Waals surface area contributed by atoms with Crippen molar-refractivity contribution >= 4 is 35.2 Å². The lowest BCUT2D eigenvalue weighted by Crippen LogP contribution is -2.27. The van der Waals surface area contributed by atoms with E-state index >= 15 is 0 Å². The molecule has 2 rings (SSSR count). The topological polar surface area (TPSA) is 76.7 Å². The van der Waals surface area contributed by atoms with E-state index in [1.165, 1.54) is 50.6 Å². The van der Waals surface area contributed by atoms with E-state index in [9.17, 15) is 14.0 Å². The van der Waals surface area contributed by atoms with Crippen LogP contribution in [0, 0.1) is 5.82 Å². The molecular weight excluding hydrogens is 387 g/mol. The van der Waals surface area contributed by atoms with E-state index in [1.807, 2.05) is 0 Å². The van der Waals surface area contributed by atoms with Gasteiger partial charge in [-0.1, -0.05) is 17.7 Å². The lowest BCUT2D eigenvalue weighted by atomic mass is 10.1. The molecule has 2 aromatic carbocycles. The lowest BCUT2D eigenvalue weighted by Gasteiger charge is -2.08. The summed E-state index contributed by atoms with van der Waals surface area (Å²) in [5.74, 6) is -1.15. The van der Waals surface area contributed by atoms with Crippen molar-refractivity contribution in [3.8, 4) is 5.75 Å². The SMILES string of the molecule is COCCNC(=O)c1ccc(NC(=O)C=Cc2ccc(OC)c(F)c2)cc1Cl. The quantitative estimate of drug-likeness (QED) is 0.519. The number of carbonyl (C=O) groups excluding carboxylic acids is 2. The molecule has 6 nitrogen and oxygen atoms in total. The van der Waals surface area contributed by atoms with Crippen molar-refractivity contribution in [1.82, 2.24) is 5.32 Å². The van der Waals surface area contributed by atoms with Crippen LogP contribution in [0.25, 0.3) is 6.08 Å². The van der Waals surface area contributed by atoms with Gasteiger partial charge in [0, 0.05) is 25.4 Å². The second-order valence-corrected chi connectivity index (χ2v) is 6.07. The molecule has 0 atom stereocenters. The second-order valence-electron chi connectivity index (χ2n) is 5.66. The van der Waals surface area contributed by atoms with Gasteiger partial charge in [-0.25, -0.2) is 4.39 Å². The number of carbonyl (C=O) groups is 2. The van der Waals surface area contributed by atoms with Gasteiger partial charge in [0.25, 0.3) is 5.91 Å². The van der Waals surface area contributed by atoms with Gasteiger partial charge in [0.1, 0.15) is 0 Å². The van der Waals surface area contributed by atoms with Gasteiger partial charge in [-0.2, -0.15) is 0 Å². The fourth-order valence-corrected chi connectivity index (χ4v) is 2.55. The summed E-state index contributed by atoms with van der Waals surface area (Å²) in [6, 6.07) is 8.92. The Morgan fingerprint density at radius 3 is 2.61 bits per heavy atom. The third kappa shape index (κ3) is 6.07. The highest BCUT2D eigenvalue weighted by Gasteiger charge is 2.11. The molecule has 0 aliphatic carbocycles. The van der Waals surface area contributed by atoms with Gasteiger partial charge in [0.05, 0.1) is 24.3 Å². The molecule has 2 amide bonds. The largest absolute Gasteiger partial charge is 0.494 e. The minimum Gasteiger partial charge on any atom is -0.494 e. The third-order valence-electron chi connectivity index (χ3n) is 3.68. The van der Waals surface area contributed by atoms with Crippen molar-refractivity contribution < 1.29 is 23.5 Å². The monoisotopic (exact) mass is 406 g/mol. The molecule has 0 spiro atoms. The highest BCUT2D eigenvalue weighted by atomic mass is 35.5. The Kier molecular flexibility index (Phi) is 7.98. The summed E-state index contributed by atoms with van der Waals surface area (Å²) in [6.07, 6.45) is 2.73. The molecule has 0 radical (unpaired) electrons. The summed E-state index contributed by atoms with van der Waals surface area (Å²) in [7, 11) is 2.91. The zero-order valence-corrected chi connectivity index (χ0v) is 16.2. The number of amides is 2. The van der Waals surface area contributed by atoms with E-state index in [-0.39, 0.29) is 16.7 Å². The standard InChI is InChI=1S/C20H20ClFN2O4/c1-27-10-9-23-20(26)15-6-5-14(12-16(15)21)24-19(25)8-4-13-3-7-18(28-2)17(22)11-13/h3-8,11-12H,9-10H2,1-2H3,(H,23,26)(H,24,25). The highest BCUT2D eigenvalue weighted by molar-refractivity contribution is 6.34. The Hall–Kier alpha value is -2.90. The Morgan fingerprint density at radius 2 is 1.96 bits per heavy atom. The van der Waals surface area contributed by atoms with Crippen molar-refractivity contribution in [2.75, 3.05) is 32.7 Å². The van der Waals surface area contributed by atoms with Crippen LogP contribution >= 0.6 is 11.6 Å². The molecule has 8 heteroatoms. The van der Waals surface area contributed by atoms with Crippen molar-refractivity contribution in [2.45, 2.75) is 0 Å². The molecule has 148 valence electrons. The number of rotatable bonds is 8. The Morgan fingerprint density at radius 1 is 1.18 bits per heavy atom. The fourth-order valence-electron chi connectivity index (χ4n) is 2.28. The van der Waals surface area contributed by atoms with Crippen LogP contribution in [0.5, 0.6) is 5.75 Å². The molecule has 0 bridgehead atoms. The summed E-state index contributed by atoms with van der Waals surface area (Å²) in [5, 5.41) is 5.50. The molecule has 2 N–H and O–H groups in total. The minimum atomic E-state index is -0.517. The molecule has 0 heterocycles. The van der Waals surface area contributed by atoms with Crippen LogP contribution in [0.4, 0.5) is 10.1 Å². The Bertz CT molecular complexity index is 887. The first-order valence-corrected chi connectivity index (χ1v) is 8.71. The number of hydrogen-bond donors (Lipinski definition) is 2.